The Hall–Kier alpha value is -1.05. The van der Waals surface area contributed by atoms with Crippen molar-refractivity contribution >= 4 is 35.3 Å². The monoisotopic (exact) mass is 498 g/mol. The number of nitrogens with one attached hydrogen (secondary N) is 1. The van der Waals surface area contributed by atoms with Crippen LogP contribution in [-0.2, 0) is 36.2 Å². The van der Waals surface area contributed by atoms with Crippen LogP contribution in [0.1, 0.15) is 33.1 Å². The number of carbonyl (C=O) groups excluding carboxylic acids is 3. The molecule has 4 rings (SSSR count). The van der Waals surface area contributed by atoms with E-state index in [-0.39, 0.29) is 52.9 Å². The molecule has 2 aliphatic carbocycles. The normalized spacial score (nSPS) is 28.1. The maximum absolute atomic E-state index is 12.3. The SMILES string of the molecule is CC1(C)S[C@@H]2[C@H](NC(=O)CCCC(=O)[C]3[CH][CH][CH][CH]3)C(=O)N2[C@H]1C(=O)O.[CH]1[CH][CH][CH][CH]1.[Fe+2]. The summed E-state index contributed by atoms with van der Waals surface area (Å²) >= 11 is 1.39. The molecule has 10 radical (unpaired) electrons. The predicted octanol–water partition coefficient (Wildman–Crippen LogP) is 1.78. The largest absolute Gasteiger partial charge is 2.00 e. The van der Waals surface area contributed by atoms with Gasteiger partial charge in [0.1, 0.15) is 23.2 Å². The molecular formula is C23H26FeN2O5S+2. The number of amides is 2. The van der Waals surface area contributed by atoms with Crippen molar-refractivity contribution in [1.82, 2.24) is 10.2 Å². The van der Waals surface area contributed by atoms with Crippen LogP contribution in [0.25, 0.3) is 0 Å². The third-order valence-electron chi connectivity index (χ3n) is 5.34. The first kappa shape index (κ1) is 27.2. The number of carbonyl (C=O) groups is 4. The van der Waals surface area contributed by atoms with Gasteiger partial charge in [-0.25, -0.2) is 4.79 Å². The number of carboxylic acid groups (broad SMARTS) is 1. The van der Waals surface area contributed by atoms with E-state index in [0.29, 0.717) is 12.3 Å². The van der Waals surface area contributed by atoms with Gasteiger partial charge < -0.3 is 15.3 Å². The molecule has 0 aromatic rings. The van der Waals surface area contributed by atoms with Gasteiger partial charge in [-0.05, 0) is 78.1 Å². The molecule has 0 bridgehead atoms. The summed E-state index contributed by atoms with van der Waals surface area (Å²) in [6.07, 6.45) is 17.9. The van der Waals surface area contributed by atoms with Crippen LogP contribution < -0.4 is 5.32 Å². The molecule has 2 N–H and O–H groups in total. The Kier molecular flexibility index (Phi) is 10.1. The Morgan fingerprint density at radius 2 is 1.59 bits per heavy atom. The van der Waals surface area contributed by atoms with E-state index >= 15 is 0 Å². The van der Waals surface area contributed by atoms with E-state index < -0.39 is 22.8 Å². The van der Waals surface area contributed by atoms with Crippen molar-refractivity contribution < 1.29 is 41.4 Å². The van der Waals surface area contributed by atoms with Gasteiger partial charge in [0.25, 0.3) is 0 Å². The van der Waals surface area contributed by atoms with Crippen LogP contribution in [0.15, 0.2) is 0 Å². The van der Waals surface area contributed by atoms with Gasteiger partial charge in [-0.3, -0.25) is 14.4 Å². The van der Waals surface area contributed by atoms with E-state index in [2.05, 4.69) is 5.32 Å². The summed E-state index contributed by atoms with van der Waals surface area (Å²) in [5.41, 5.74) is 0. The molecule has 4 fully saturated rings. The van der Waals surface area contributed by atoms with E-state index in [4.69, 9.17) is 0 Å². The average Bonchev–Trinajstić information content (AvgIpc) is 3.47. The van der Waals surface area contributed by atoms with E-state index in [0.717, 1.165) is 0 Å². The molecule has 4 aliphatic rings. The van der Waals surface area contributed by atoms with Crippen LogP contribution in [0.5, 0.6) is 0 Å². The van der Waals surface area contributed by atoms with Gasteiger partial charge in [-0.1, -0.05) is 0 Å². The fourth-order valence-electron chi connectivity index (χ4n) is 3.83. The van der Waals surface area contributed by atoms with Crippen LogP contribution in [0.3, 0.4) is 0 Å². The van der Waals surface area contributed by atoms with Crippen molar-refractivity contribution in [2.24, 2.45) is 0 Å². The number of β-lactam (4-membered cyclic amide) rings is 1. The van der Waals surface area contributed by atoms with Crippen LogP contribution in [-0.4, -0.2) is 55.8 Å². The summed E-state index contributed by atoms with van der Waals surface area (Å²) in [4.78, 5) is 49.1. The van der Waals surface area contributed by atoms with E-state index in [1.165, 1.54) is 16.7 Å². The molecule has 2 amide bonds. The van der Waals surface area contributed by atoms with Gasteiger partial charge in [0.15, 0.2) is 0 Å². The van der Waals surface area contributed by atoms with Crippen LogP contribution in [0.2, 0.25) is 0 Å². The standard InChI is InChI=1S/C18H21N2O5S.C5H5.Fe/c1-18(2)14(17(24)25)20-15(23)13(16(20)26-18)19-12(22)9-5-8-11(21)10-6-3-4-7-10;1-2-4-5-3-1;/h3-4,6-7,13-14,16H,5,8-9H2,1-2H3,(H,19,22)(H,24,25);1-5H;/q;;+2/t13-,14+,16-;;/m1../s1. The maximum Gasteiger partial charge on any atom is 2.00 e. The zero-order valence-electron chi connectivity index (χ0n) is 17.8. The third-order valence-corrected chi connectivity index (χ3v) is 6.91. The molecule has 2 saturated carbocycles. The molecule has 3 atom stereocenters. The number of nitrogens with zero attached hydrogens (tertiary/aromatic N) is 1. The van der Waals surface area contributed by atoms with Gasteiger partial charge >= 0.3 is 23.0 Å². The summed E-state index contributed by atoms with van der Waals surface area (Å²) in [7, 11) is 0. The van der Waals surface area contributed by atoms with E-state index in [1.54, 1.807) is 39.5 Å². The first-order valence-electron chi connectivity index (χ1n) is 10.2. The Morgan fingerprint density at radius 1 is 1.03 bits per heavy atom. The predicted molar refractivity (Wildman–Crippen MR) is 116 cm³/mol. The summed E-state index contributed by atoms with van der Waals surface area (Å²) in [5, 5.41) is 11.7. The molecule has 0 aromatic carbocycles. The van der Waals surface area contributed by atoms with Crippen molar-refractivity contribution in [3.63, 3.8) is 0 Å². The Bertz CT molecular complexity index is 699. The van der Waals surface area contributed by atoms with Gasteiger partial charge in [0, 0.05) is 23.5 Å². The molecule has 9 heteroatoms. The first-order valence-corrected chi connectivity index (χ1v) is 11.0. The topological polar surface area (TPSA) is 104 Å². The number of thioether (sulfide) groups is 1. The van der Waals surface area contributed by atoms with Crippen molar-refractivity contribution in [2.75, 3.05) is 0 Å². The molecule has 0 aromatic heterocycles. The molecule has 0 spiro atoms. The number of ketones is 1. The smallest absolute Gasteiger partial charge is 0.480 e. The van der Waals surface area contributed by atoms with Crippen molar-refractivity contribution in [1.29, 1.82) is 0 Å². The minimum atomic E-state index is -1.03. The molecule has 2 saturated heterocycles. The number of aliphatic carboxylic acids is 1. The Labute approximate surface area is 205 Å². The second-order valence-corrected chi connectivity index (χ2v) is 9.83. The zero-order chi connectivity index (χ0) is 22.6. The van der Waals surface area contributed by atoms with Crippen molar-refractivity contribution in [2.45, 2.75) is 55.3 Å². The fraction of sp³-hybridized carbons (Fsp3) is 0.391. The van der Waals surface area contributed by atoms with Gasteiger partial charge in [-0.2, -0.15) is 0 Å². The summed E-state index contributed by atoms with van der Waals surface area (Å²) in [5.74, 6) is -1.06. The van der Waals surface area contributed by atoms with Crippen LogP contribution in [0, 0.1) is 63.7 Å². The Balaban J connectivity index is 0.000000534. The molecule has 32 heavy (non-hydrogen) atoms. The van der Waals surface area contributed by atoms with Gasteiger partial charge in [0.2, 0.25) is 11.8 Å². The number of carboxylic acids is 1. The summed E-state index contributed by atoms with van der Waals surface area (Å²) in [6, 6.07) is -1.58. The maximum atomic E-state index is 12.3. The quantitative estimate of drug-likeness (QED) is 0.410. The number of rotatable bonds is 7. The molecule has 7 nitrogen and oxygen atoms in total. The van der Waals surface area contributed by atoms with E-state index in [1.807, 2.05) is 32.1 Å². The minimum Gasteiger partial charge on any atom is -0.480 e. The molecule has 170 valence electrons. The van der Waals surface area contributed by atoms with Gasteiger partial charge in [0.05, 0.1) is 0 Å². The van der Waals surface area contributed by atoms with Crippen LogP contribution >= 0.6 is 11.8 Å². The van der Waals surface area contributed by atoms with E-state index in [9.17, 15) is 24.3 Å². The van der Waals surface area contributed by atoms with Crippen LogP contribution in [0.4, 0.5) is 0 Å². The molecule has 0 unspecified atom stereocenters. The van der Waals surface area contributed by atoms with Crippen molar-refractivity contribution in [3.8, 4) is 0 Å². The Morgan fingerprint density at radius 3 is 2.12 bits per heavy atom. The second kappa shape index (κ2) is 11.9. The summed E-state index contributed by atoms with van der Waals surface area (Å²) in [6.45, 7) is 3.58. The third kappa shape index (κ3) is 6.29. The van der Waals surface area contributed by atoms with Crippen molar-refractivity contribution in [3.05, 3.63) is 63.7 Å². The van der Waals surface area contributed by atoms with Gasteiger partial charge in [-0.15, -0.1) is 11.8 Å². The summed E-state index contributed by atoms with van der Waals surface area (Å²) < 4.78 is -0.613. The molecule has 2 aliphatic heterocycles. The number of hydrogen-bond donors (Lipinski definition) is 2. The number of fused-ring (bicyclic) bond motifs is 1. The fourth-order valence-corrected chi connectivity index (χ4v) is 5.45. The zero-order valence-corrected chi connectivity index (χ0v) is 19.8. The average molecular weight is 498 g/mol. The first-order chi connectivity index (χ1) is 14.7. The number of Topliss-reactive ketones (excluding diaryl/α,β-unsaturated/α-hetero) is 1. The minimum absolute atomic E-state index is 0. The second-order valence-electron chi connectivity index (χ2n) is 8.06. The molecular weight excluding hydrogens is 472 g/mol. The number of hydrogen-bond acceptors (Lipinski definition) is 5. The molecule has 2 heterocycles.